The molecule has 7 nitrogen and oxygen atoms in total. The minimum absolute atomic E-state index is 0.0624. The van der Waals surface area contributed by atoms with Crippen LogP contribution in [0.2, 0.25) is 36.3 Å². The average molecular weight is 751 g/mol. The summed E-state index contributed by atoms with van der Waals surface area (Å²) in [7, 11) is -1.88. The van der Waals surface area contributed by atoms with Crippen LogP contribution >= 0.6 is 0 Å². The minimum atomic E-state index is -1.83. The maximum Gasteiger partial charge on any atom is 0.305 e. The average Bonchev–Trinajstić information content (AvgIpc) is 3.58. The van der Waals surface area contributed by atoms with Gasteiger partial charge in [-0.15, -0.1) is 0 Å². The molecule has 0 aromatic heterocycles. The molecule has 296 valence electrons. The third-order valence-electron chi connectivity index (χ3n) is 13.4. The van der Waals surface area contributed by atoms with E-state index in [1.165, 1.54) is 30.8 Å². The lowest BCUT2D eigenvalue weighted by Gasteiger charge is -2.38. The summed E-state index contributed by atoms with van der Waals surface area (Å²) in [6.07, 6.45) is 8.20. The van der Waals surface area contributed by atoms with Gasteiger partial charge in [-0.25, -0.2) is 0 Å². The quantitative estimate of drug-likeness (QED) is 0.0531. The van der Waals surface area contributed by atoms with Crippen molar-refractivity contribution in [1.82, 2.24) is 0 Å². The standard InChI is InChI=1S/C42H78O7Si2/c1-15-51(16-2,17-3)45-22-18-19-34-25-31(6)37(47-34)21-20-35-24-30(5)32(7)39(48-35)27-40-36(26-41(43)44-12)33(8)38(49-40)23-29(4)28-46-50(13,14)42(9,10)11/h29-30,33-40H,6-7,15-28H2,1-5,8-14H3/t29-,30+,33+,34-,35-,36+,37?,38+,39+,40?/m0/s1. The van der Waals surface area contributed by atoms with Crippen LogP contribution in [0.3, 0.4) is 0 Å². The Kier molecular flexibility index (Phi) is 17.2. The third-order valence-corrected chi connectivity index (χ3v) is 22.6. The zero-order chi connectivity index (χ0) is 38.1. The number of hydrogen-bond donors (Lipinski definition) is 0. The number of rotatable bonds is 20. The number of ether oxygens (including phenoxy) is 4. The topological polar surface area (TPSA) is 72.5 Å². The highest BCUT2D eigenvalue weighted by molar-refractivity contribution is 6.74. The lowest BCUT2D eigenvalue weighted by molar-refractivity contribution is -0.142. The lowest BCUT2D eigenvalue weighted by atomic mass is 9.79. The fourth-order valence-electron chi connectivity index (χ4n) is 8.27. The Labute approximate surface area is 315 Å². The zero-order valence-corrected chi connectivity index (χ0v) is 36.9. The molecule has 0 N–H and O–H groups in total. The number of carbonyl (C=O) groups is 1. The second-order valence-corrected chi connectivity index (χ2v) is 27.6. The molecule has 3 fully saturated rings. The van der Waals surface area contributed by atoms with Crippen LogP contribution in [0.15, 0.2) is 24.3 Å². The van der Waals surface area contributed by atoms with Gasteiger partial charge in [0, 0.05) is 25.6 Å². The van der Waals surface area contributed by atoms with Crippen LogP contribution in [0.4, 0.5) is 0 Å². The molecular weight excluding hydrogens is 673 g/mol. The highest BCUT2D eigenvalue weighted by Crippen LogP contribution is 2.44. The van der Waals surface area contributed by atoms with E-state index in [-0.39, 0.29) is 59.5 Å². The molecule has 3 aliphatic heterocycles. The third kappa shape index (κ3) is 12.3. The first-order chi connectivity index (χ1) is 23.9. The van der Waals surface area contributed by atoms with Crippen LogP contribution in [0, 0.1) is 23.7 Å². The molecule has 0 aromatic carbocycles. The van der Waals surface area contributed by atoms with Gasteiger partial charge in [-0.05, 0) is 110 Å². The van der Waals surface area contributed by atoms with E-state index >= 15 is 0 Å². The van der Waals surface area contributed by atoms with E-state index in [1.54, 1.807) is 0 Å². The molecule has 3 saturated heterocycles. The first kappa shape index (κ1) is 44.6. The Balaban J connectivity index is 1.55. The first-order valence-corrected chi connectivity index (χ1v) is 26.0. The molecule has 51 heavy (non-hydrogen) atoms. The van der Waals surface area contributed by atoms with Gasteiger partial charge >= 0.3 is 5.97 Å². The van der Waals surface area contributed by atoms with Crippen LogP contribution < -0.4 is 0 Å². The number of methoxy groups -OCH3 is 1. The van der Waals surface area contributed by atoms with Crippen molar-refractivity contribution in [3.8, 4) is 0 Å². The van der Waals surface area contributed by atoms with Gasteiger partial charge in [0.25, 0.3) is 0 Å². The van der Waals surface area contributed by atoms with Gasteiger partial charge in [-0.2, -0.15) is 0 Å². The van der Waals surface area contributed by atoms with E-state index in [2.05, 4.69) is 88.6 Å². The monoisotopic (exact) mass is 751 g/mol. The van der Waals surface area contributed by atoms with Gasteiger partial charge in [0.1, 0.15) is 0 Å². The largest absolute Gasteiger partial charge is 0.469 e. The summed E-state index contributed by atoms with van der Waals surface area (Å²) < 4.78 is 38.4. The molecule has 0 amide bonds. The van der Waals surface area contributed by atoms with Crippen LogP contribution in [-0.4, -0.2) is 79.6 Å². The van der Waals surface area contributed by atoms with Crippen molar-refractivity contribution in [3.05, 3.63) is 24.3 Å². The molecule has 2 unspecified atom stereocenters. The highest BCUT2D eigenvalue weighted by Gasteiger charge is 2.46. The Morgan fingerprint density at radius 2 is 1.57 bits per heavy atom. The fourth-order valence-corrected chi connectivity index (χ4v) is 12.1. The molecule has 0 radical (unpaired) electrons. The molecule has 0 spiro atoms. The van der Waals surface area contributed by atoms with E-state index in [0.29, 0.717) is 24.7 Å². The molecule has 0 saturated carbocycles. The van der Waals surface area contributed by atoms with Crippen LogP contribution in [0.1, 0.15) is 120 Å². The van der Waals surface area contributed by atoms with Crippen molar-refractivity contribution in [3.63, 3.8) is 0 Å². The number of esters is 1. The van der Waals surface area contributed by atoms with E-state index in [9.17, 15) is 4.79 Å². The van der Waals surface area contributed by atoms with Crippen molar-refractivity contribution >= 4 is 22.6 Å². The van der Waals surface area contributed by atoms with Gasteiger partial charge in [0.05, 0.1) is 50.2 Å². The first-order valence-electron chi connectivity index (χ1n) is 20.6. The molecule has 10 atom stereocenters. The summed E-state index contributed by atoms with van der Waals surface area (Å²) in [5.41, 5.74) is 2.36. The Morgan fingerprint density at radius 1 is 0.922 bits per heavy atom. The second-order valence-electron chi connectivity index (χ2n) is 18.0. The van der Waals surface area contributed by atoms with Gasteiger partial charge in [-0.1, -0.05) is 75.5 Å². The summed E-state index contributed by atoms with van der Waals surface area (Å²) in [4.78, 5) is 12.6. The van der Waals surface area contributed by atoms with Crippen molar-refractivity contribution in [1.29, 1.82) is 0 Å². The molecule has 3 heterocycles. The predicted octanol–water partition coefficient (Wildman–Crippen LogP) is 10.7. The van der Waals surface area contributed by atoms with Crippen molar-refractivity contribution in [2.24, 2.45) is 23.7 Å². The lowest BCUT2D eigenvalue weighted by Crippen LogP contribution is -2.42. The van der Waals surface area contributed by atoms with Gasteiger partial charge in [0.15, 0.2) is 16.6 Å². The van der Waals surface area contributed by atoms with E-state index < -0.39 is 16.6 Å². The van der Waals surface area contributed by atoms with Crippen LogP contribution in [-0.2, 0) is 32.6 Å². The summed E-state index contributed by atoms with van der Waals surface area (Å²) in [5, 5.41) is 0.181. The van der Waals surface area contributed by atoms with E-state index in [1.807, 2.05) is 0 Å². The maximum atomic E-state index is 12.6. The fraction of sp³-hybridized carbons (Fsp3) is 0.881. The molecular formula is C42H78O7Si2. The summed E-state index contributed by atoms with van der Waals surface area (Å²) in [6.45, 7) is 35.6. The van der Waals surface area contributed by atoms with E-state index in [0.717, 1.165) is 63.7 Å². The molecule has 9 heteroatoms. The minimum Gasteiger partial charge on any atom is -0.469 e. The molecule has 0 bridgehead atoms. The van der Waals surface area contributed by atoms with Crippen LogP contribution in [0.5, 0.6) is 0 Å². The Bertz CT molecular complexity index is 1110. The summed E-state index contributed by atoms with van der Waals surface area (Å²) in [6, 6.07) is 3.59. The van der Waals surface area contributed by atoms with Gasteiger partial charge in [0.2, 0.25) is 0 Å². The summed E-state index contributed by atoms with van der Waals surface area (Å²) in [5.74, 6) is 0.851. The second kappa shape index (κ2) is 19.7. The molecule has 3 rings (SSSR count). The van der Waals surface area contributed by atoms with Crippen LogP contribution in [0.25, 0.3) is 0 Å². The van der Waals surface area contributed by atoms with Crippen molar-refractivity contribution in [2.75, 3.05) is 20.3 Å². The van der Waals surface area contributed by atoms with Gasteiger partial charge in [-0.3, -0.25) is 4.79 Å². The van der Waals surface area contributed by atoms with Crippen molar-refractivity contribution < 1.29 is 32.6 Å². The zero-order valence-electron chi connectivity index (χ0n) is 34.9. The summed E-state index contributed by atoms with van der Waals surface area (Å²) >= 11 is 0. The predicted molar refractivity (Wildman–Crippen MR) is 215 cm³/mol. The van der Waals surface area contributed by atoms with Gasteiger partial charge < -0.3 is 27.8 Å². The Hall–Kier alpha value is -0.816. The molecule has 0 aromatic rings. The number of carbonyl (C=O) groups excluding carboxylic acids is 1. The highest BCUT2D eigenvalue weighted by atomic mass is 28.4. The normalized spacial score (nSPS) is 31.3. The molecule has 3 aliphatic rings. The molecule has 0 aliphatic carbocycles. The number of hydrogen-bond acceptors (Lipinski definition) is 7. The SMILES string of the molecule is C=C1C[C@H](CCCO[Si](CC)(CC)CC)OC1CC[C@H]1C[C@@H](C)C(=C)[C@@H](CC2O[C@H](C[C@H](C)CO[Si](C)(C)C(C)(C)C)[C@H](C)[C@H]2CC(=O)OC)O1. The smallest absolute Gasteiger partial charge is 0.305 e. The van der Waals surface area contributed by atoms with E-state index in [4.69, 9.17) is 27.8 Å². The Morgan fingerprint density at radius 3 is 2.18 bits per heavy atom. The van der Waals surface area contributed by atoms with Crippen molar-refractivity contribution in [2.45, 2.75) is 193 Å². The maximum absolute atomic E-state index is 12.6.